The average Bonchev–Trinajstić information content (AvgIpc) is 3.24. The molecule has 1 saturated carbocycles. The van der Waals surface area contributed by atoms with Crippen LogP contribution in [-0.2, 0) is 4.79 Å². The molecule has 1 N–H and O–H groups in total. The second kappa shape index (κ2) is 4.75. The molecule has 7 heteroatoms. The largest absolute Gasteiger partial charge is 0.406 e. The van der Waals surface area contributed by atoms with Crippen molar-refractivity contribution in [3.8, 4) is 0 Å². The number of halogens is 3. The number of anilines is 1. The van der Waals surface area contributed by atoms with Crippen LogP contribution in [0.5, 0.6) is 0 Å². The van der Waals surface area contributed by atoms with Crippen LogP contribution in [0.25, 0.3) is 0 Å². The second-order valence-electron chi connectivity index (χ2n) is 5.35. The Morgan fingerprint density at radius 2 is 1.86 bits per heavy atom. The van der Waals surface area contributed by atoms with E-state index in [0.717, 1.165) is 12.8 Å². The normalized spacial score (nSPS) is 22.6. The van der Waals surface area contributed by atoms with Gasteiger partial charge >= 0.3 is 6.18 Å². The van der Waals surface area contributed by atoms with E-state index in [4.69, 9.17) is 0 Å². The number of alkyl halides is 3. The van der Waals surface area contributed by atoms with Gasteiger partial charge in [-0.2, -0.15) is 13.2 Å². The summed E-state index contributed by atoms with van der Waals surface area (Å²) in [6, 6.07) is 5.00. The van der Waals surface area contributed by atoms with Crippen LogP contribution in [0.1, 0.15) is 23.2 Å². The van der Waals surface area contributed by atoms with Gasteiger partial charge < -0.3 is 10.2 Å². The van der Waals surface area contributed by atoms with Gasteiger partial charge in [0.25, 0.3) is 5.91 Å². The third-order valence-corrected chi connectivity index (χ3v) is 3.69. The Morgan fingerprint density at radius 3 is 2.48 bits per heavy atom. The second-order valence-corrected chi connectivity index (χ2v) is 5.35. The highest BCUT2D eigenvalue weighted by Crippen LogP contribution is 2.37. The van der Waals surface area contributed by atoms with Crippen LogP contribution in [-0.4, -0.2) is 30.6 Å². The highest BCUT2D eigenvalue weighted by atomic mass is 19.4. The van der Waals surface area contributed by atoms with Gasteiger partial charge in [-0.3, -0.25) is 9.59 Å². The van der Waals surface area contributed by atoms with Crippen molar-refractivity contribution in [1.29, 1.82) is 0 Å². The molecule has 1 aromatic carbocycles. The number of carbonyl (C=O) groups is 2. The molecule has 1 aromatic rings. The highest BCUT2D eigenvalue weighted by Gasteiger charge is 2.45. The maximum Gasteiger partial charge on any atom is 0.406 e. The smallest absolute Gasteiger partial charge is 0.340 e. The van der Waals surface area contributed by atoms with Gasteiger partial charge in [0.15, 0.2) is 0 Å². The molecule has 1 fully saturated rings. The van der Waals surface area contributed by atoms with E-state index in [9.17, 15) is 22.8 Å². The lowest BCUT2D eigenvalue weighted by molar-refractivity contribution is -0.133. The Balaban J connectivity index is 2.05. The molecule has 0 saturated heterocycles. The summed E-state index contributed by atoms with van der Waals surface area (Å²) < 4.78 is 38.3. The number of fused-ring (bicyclic) bond motifs is 1. The van der Waals surface area contributed by atoms with Gasteiger partial charge in [0.2, 0.25) is 5.91 Å². The van der Waals surface area contributed by atoms with Crippen molar-refractivity contribution in [3.63, 3.8) is 0 Å². The topological polar surface area (TPSA) is 49.4 Å². The Kier molecular flexibility index (Phi) is 3.15. The van der Waals surface area contributed by atoms with Crippen molar-refractivity contribution in [2.75, 3.05) is 11.4 Å². The minimum Gasteiger partial charge on any atom is -0.340 e. The first-order chi connectivity index (χ1) is 9.87. The Hall–Kier alpha value is -2.05. The molecule has 1 heterocycles. The minimum absolute atomic E-state index is 0.0143. The molecule has 0 radical (unpaired) electrons. The molecule has 1 unspecified atom stereocenters. The van der Waals surface area contributed by atoms with Crippen LogP contribution in [0.4, 0.5) is 18.9 Å². The van der Waals surface area contributed by atoms with Gasteiger partial charge in [0.05, 0.1) is 11.3 Å². The van der Waals surface area contributed by atoms with Crippen LogP contribution >= 0.6 is 0 Å². The standard InChI is InChI=1S/C14H13F3N2O2/c15-14(16,17)7-19-10-4-2-1-3-9(10)12(20)18-11(13(19)21)8-5-6-8/h1-4,8,11H,5-7H2,(H,18,20). The van der Waals surface area contributed by atoms with Crippen LogP contribution in [0.15, 0.2) is 24.3 Å². The summed E-state index contributed by atoms with van der Waals surface area (Å²) in [5.41, 5.74) is 0.110. The lowest BCUT2D eigenvalue weighted by Crippen LogP contribution is -2.49. The summed E-state index contributed by atoms with van der Waals surface area (Å²) in [7, 11) is 0. The molecule has 112 valence electrons. The van der Waals surface area contributed by atoms with Crippen LogP contribution in [0, 0.1) is 5.92 Å². The zero-order valence-corrected chi connectivity index (χ0v) is 11.0. The molecule has 0 aromatic heterocycles. The van der Waals surface area contributed by atoms with Gasteiger partial charge in [-0.05, 0) is 30.9 Å². The molecular weight excluding hydrogens is 285 g/mol. The van der Waals surface area contributed by atoms with Crippen molar-refractivity contribution in [1.82, 2.24) is 5.32 Å². The summed E-state index contributed by atoms with van der Waals surface area (Å²) in [6.07, 6.45) is -3.04. The van der Waals surface area contributed by atoms with E-state index in [0.29, 0.717) is 4.90 Å². The predicted molar refractivity (Wildman–Crippen MR) is 68.8 cm³/mol. The predicted octanol–water partition coefficient (Wildman–Crippen LogP) is 2.10. The molecule has 1 aliphatic carbocycles. The number of nitrogens with zero attached hydrogens (tertiary/aromatic N) is 1. The van der Waals surface area contributed by atoms with E-state index in [1.165, 1.54) is 18.2 Å². The zero-order chi connectivity index (χ0) is 15.2. The number of para-hydroxylation sites is 1. The van der Waals surface area contributed by atoms with E-state index in [2.05, 4.69) is 5.32 Å². The van der Waals surface area contributed by atoms with Gasteiger partial charge in [0, 0.05) is 0 Å². The third-order valence-electron chi connectivity index (χ3n) is 3.69. The van der Waals surface area contributed by atoms with Crippen molar-refractivity contribution >= 4 is 17.5 Å². The number of hydrogen-bond donors (Lipinski definition) is 1. The summed E-state index contributed by atoms with van der Waals surface area (Å²) >= 11 is 0. The number of benzene rings is 1. The summed E-state index contributed by atoms with van der Waals surface area (Å²) in [5.74, 6) is -1.25. The van der Waals surface area contributed by atoms with E-state index < -0.39 is 30.6 Å². The lowest BCUT2D eigenvalue weighted by atomic mass is 10.1. The molecule has 0 spiro atoms. The molecule has 3 rings (SSSR count). The van der Waals surface area contributed by atoms with Crippen molar-refractivity contribution in [3.05, 3.63) is 29.8 Å². The van der Waals surface area contributed by atoms with Gasteiger partial charge in [-0.1, -0.05) is 12.1 Å². The summed E-state index contributed by atoms with van der Waals surface area (Å²) in [6.45, 7) is -1.39. The Labute approximate surface area is 118 Å². The fourth-order valence-corrected chi connectivity index (χ4v) is 2.56. The summed E-state index contributed by atoms with van der Waals surface area (Å²) in [5, 5.41) is 2.57. The number of hydrogen-bond acceptors (Lipinski definition) is 2. The molecular formula is C14H13F3N2O2. The highest BCUT2D eigenvalue weighted by molar-refractivity contribution is 6.11. The number of amides is 2. The lowest BCUT2D eigenvalue weighted by Gasteiger charge is -2.26. The van der Waals surface area contributed by atoms with Gasteiger partial charge in [-0.15, -0.1) is 0 Å². The van der Waals surface area contributed by atoms with Crippen LogP contribution < -0.4 is 10.2 Å². The maximum absolute atomic E-state index is 12.8. The van der Waals surface area contributed by atoms with Gasteiger partial charge in [0.1, 0.15) is 12.6 Å². The van der Waals surface area contributed by atoms with Crippen LogP contribution in [0.3, 0.4) is 0 Å². The zero-order valence-electron chi connectivity index (χ0n) is 11.0. The monoisotopic (exact) mass is 298 g/mol. The molecule has 4 nitrogen and oxygen atoms in total. The molecule has 2 amide bonds. The van der Waals surface area contributed by atoms with E-state index in [-0.39, 0.29) is 17.2 Å². The number of rotatable bonds is 2. The molecule has 0 bridgehead atoms. The van der Waals surface area contributed by atoms with Crippen LogP contribution in [0.2, 0.25) is 0 Å². The third kappa shape index (κ3) is 2.72. The minimum atomic E-state index is -4.52. The fraction of sp³-hybridized carbons (Fsp3) is 0.429. The first-order valence-corrected chi connectivity index (χ1v) is 6.65. The summed E-state index contributed by atoms with van der Waals surface area (Å²) in [4.78, 5) is 25.2. The van der Waals surface area contributed by atoms with Crippen molar-refractivity contribution in [2.45, 2.75) is 25.1 Å². The van der Waals surface area contributed by atoms with E-state index >= 15 is 0 Å². The quantitative estimate of drug-likeness (QED) is 0.909. The number of carbonyl (C=O) groups excluding carboxylic acids is 2. The Morgan fingerprint density at radius 1 is 1.19 bits per heavy atom. The SMILES string of the molecule is O=C1NC(C2CC2)C(=O)N(CC(F)(F)F)c2ccccc21. The fourth-order valence-electron chi connectivity index (χ4n) is 2.56. The first kappa shape index (κ1) is 13.9. The molecule has 1 atom stereocenters. The molecule has 21 heavy (non-hydrogen) atoms. The van der Waals surface area contributed by atoms with E-state index in [1.54, 1.807) is 6.07 Å². The first-order valence-electron chi connectivity index (χ1n) is 6.65. The van der Waals surface area contributed by atoms with E-state index in [1.807, 2.05) is 0 Å². The molecule has 2 aliphatic rings. The van der Waals surface area contributed by atoms with Gasteiger partial charge in [-0.25, -0.2) is 0 Å². The molecule has 1 aliphatic heterocycles. The van der Waals surface area contributed by atoms with Crippen molar-refractivity contribution < 1.29 is 22.8 Å². The average molecular weight is 298 g/mol. The Bertz CT molecular complexity index is 596. The van der Waals surface area contributed by atoms with Crippen molar-refractivity contribution in [2.24, 2.45) is 5.92 Å². The maximum atomic E-state index is 12.8. The number of nitrogens with one attached hydrogen (secondary N) is 1.